The molecule has 0 radical (unpaired) electrons. The Kier molecular flexibility index (Phi) is 3.63. The lowest BCUT2D eigenvalue weighted by Gasteiger charge is -2.14. The summed E-state index contributed by atoms with van der Waals surface area (Å²) in [5, 5.41) is 6.03. The van der Waals surface area contributed by atoms with Gasteiger partial charge in [0.1, 0.15) is 5.69 Å². The van der Waals surface area contributed by atoms with Crippen LogP contribution in [0.4, 0.5) is 5.95 Å². The summed E-state index contributed by atoms with van der Waals surface area (Å²) >= 11 is 0. The van der Waals surface area contributed by atoms with E-state index in [0.717, 1.165) is 32.0 Å². The number of carbonyl (C=O) groups excluding carboxylic acids is 1. The number of nitrogens with zero attached hydrogens (tertiary/aromatic N) is 3. The molecule has 1 aromatic heterocycles. The van der Waals surface area contributed by atoms with Gasteiger partial charge >= 0.3 is 0 Å². The van der Waals surface area contributed by atoms with Gasteiger partial charge in [0.05, 0.1) is 0 Å². The lowest BCUT2D eigenvalue weighted by atomic mass is 10.4. The number of carbonyl (C=O) groups is 1. The summed E-state index contributed by atoms with van der Waals surface area (Å²) in [6.45, 7) is 3.33. The Morgan fingerprint density at radius 2 is 2.47 bits per heavy atom. The third-order valence-corrected chi connectivity index (χ3v) is 2.71. The van der Waals surface area contributed by atoms with Crippen molar-refractivity contribution in [3.8, 4) is 0 Å². The second kappa shape index (κ2) is 5.18. The first-order valence-corrected chi connectivity index (χ1v) is 5.91. The predicted molar refractivity (Wildman–Crippen MR) is 66.2 cm³/mol. The third kappa shape index (κ3) is 2.97. The second-order valence-electron chi connectivity index (χ2n) is 4.48. The lowest BCUT2D eigenvalue weighted by Crippen LogP contribution is -2.31. The summed E-state index contributed by atoms with van der Waals surface area (Å²) in [6.07, 6.45) is 2.89. The minimum atomic E-state index is -0.101. The standard InChI is InChI=1S/C11H19N5O/c1-15(2)7-5-12-10(17)9-8-16-6-3-4-13-11(16)14-9/h8H,3-7H2,1-2H3,(H,12,17)(H,13,14). The number of aromatic nitrogens is 2. The van der Waals surface area contributed by atoms with Gasteiger partial charge in [0.2, 0.25) is 5.95 Å². The van der Waals surface area contributed by atoms with Crippen LogP contribution >= 0.6 is 0 Å². The van der Waals surface area contributed by atoms with Gasteiger partial charge in [-0.1, -0.05) is 0 Å². The topological polar surface area (TPSA) is 62.2 Å². The minimum absolute atomic E-state index is 0.101. The molecule has 2 heterocycles. The Morgan fingerprint density at radius 1 is 1.65 bits per heavy atom. The number of hydrogen-bond donors (Lipinski definition) is 2. The van der Waals surface area contributed by atoms with Crippen molar-refractivity contribution in [3.63, 3.8) is 0 Å². The van der Waals surface area contributed by atoms with Crippen molar-refractivity contribution in [3.05, 3.63) is 11.9 Å². The second-order valence-corrected chi connectivity index (χ2v) is 4.48. The number of nitrogens with one attached hydrogen (secondary N) is 2. The summed E-state index contributed by atoms with van der Waals surface area (Å²) in [5.74, 6) is 0.699. The maximum atomic E-state index is 11.8. The molecule has 1 aromatic rings. The number of anilines is 1. The van der Waals surface area contributed by atoms with E-state index in [-0.39, 0.29) is 5.91 Å². The first kappa shape index (κ1) is 11.9. The van der Waals surface area contributed by atoms with Gasteiger partial charge in [-0.15, -0.1) is 0 Å². The summed E-state index contributed by atoms with van der Waals surface area (Å²) in [6, 6.07) is 0. The summed E-state index contributed by atoms with van der Waals surface area (Å²) < 4.78 is 1.99. The van der Waals surface area contributed by atoms with Crippen LogP contribution in [-0.4, -0.2) is 54.1 Å². The average molecular weight is 237 g/mol. The molecule has 1 amide bonds. The zero-order valence-electron chi connectivity index (χ0n) is 10.4. The van der Waals surface area contributed by atoms with Crippen molar-refractivity contribution in [1.82, 2.24) is 19.8 Å². The molecule has 0 saturated carbocycles. The molecule has 0 aliphatic carbocycles. The van der Waals surface area contributed by atoms with E-state index in [2.05, 4.69) is 15.6 Å². The molecule has 0 unspecified atom stereocenters. The van der Waals surface area contributed by atoms with E-state index in [1.807, 2.05) is 29.8 Å². The van der Waals surface area contributed by atoms with Crippen molar-refractivity contribution in [2.45, 2.75) is 13.0 Å². The number of imidazole rings is 1. The number of aryl methyl sites for hydroxylation is 1. The Hall–Kier alpha value is -1.56. The number of amides is 1. The van der Waals surface area contributed by atoms with Gasteiger partial charge in [0.25, 0.3) is 5.91 Å². The van der Waals surface area contributed by atoms with Crippen molar-refractivity contribution in [2.24, 2.45) is 0 Å². The Labute approximate surface area is 101 Å². The van der Waals surface area contributed by atoms with Crippen molar-refractivity contribution >= 4 is 11.9 Å². The van der Waals surface area contributed by atoms with Gasteiger partial charge in [-0.2, -0.15) is 0 Å². The van der Waals surface area contributed by atoms with E-state index in [9.17, 15) is 4.79 Å². The first-order valence-electron chi connectivity index (χ1n) is 5.91. The van der Waals surface area contributed by atoms with Crippen LogP contribution in [0, 0.1) is 0 Å². The molecular formula is C11H19N5O. The monoisotopic (exact) mass is 237 g/mol. The maximum Gasteiger partial charge on any atom is 0.271 e. The van der Waals surface area contributed by atoms with E-state index in [0.29, 0.717) is 12.2 Å². The van der Waals surface area contributed by atoms with E-state index in [1.54, 1.807) is 0 Å². The Morgan fingerprint density at radius 3 is 3.18 bits per heavy atom. The molecule has 0 spiro atoms. The third-order valence-electron chi connectivity index (χ3n) is 2.71. The molecule has 1 aliphatic rings. The fraction of sp³-hybridized carbons (Fsp3) is 0.636. The SMILES string of the molecule is CN(C)CCNC(=O)c1cn2c(n1)NCCC2. The number of likely N-dealkylation sites (N-methyl/N-ethyl adjacent to an activating group) is 1. The van der Waals surface area contributed by atoms with Crippen LogP contribution in [0.5, 0.6) is 0 Å². The van der Waals surface area contributed by atoms with Gasteiger partial charge in [-0.3, -0.25) is 4.79 Å². The van der Waals surface area contributed by atoms with Gasteiger partial charge < -0.3 is 20.1 Å². The molecule has 0 bridgehead atoms. The largest absolute Gasteiger partial charge is 0.356 e. The highest BCUT2D eigenvalue weighted by molar-refractivity contribution is 5.92. The normalized spacial score (nSPS) is 14.3. The van der Waals surface area contributed by atoms with E-state index in [4.69, 9.17) is 0 Å². The van der Waals surface area contributed by atoms with Crippen molar-refractivity contribution in [2.75, 3.05) is 39.0 Å². The molecule has 1 aliphatic heterocycles. The van der Waals surface area contributed by atoms with Gasteiger partial charge in [-0.25, -0.2) is 4.98 Å². The maximum absolute atomic E-state index is 11.8. The highest BCUT2D eigenvalue weighted by Crippen LogP contribution is 2.13. The highest BCUT2D eigenvalue weighted by Gasteiger charge is 2.15. The minimum Gasteiger partial charge on any atom is -0.356 e. The van der Waals surface area contributed by atoms with Gasteiger partial charge in [-0.05, 0) is 20.5 Å². The van der Waals surface area contributed by atoms with Crippen LogP contribution in [0.15, 0.2) is 6.20 Å². The fourth-order valence-electron chi connectivity index (χ4n) is 1.77. The Balaban J connectivity index is 1.92. The molecule has 0 fully saturated rings. The summed E-state index contributed by atoms with van der Waals surface area (Å²) in [4.78, 5) is 18.1. The van der Waals surface area contributed by atoms with Crippen LogP contribution in [0.25, 0.3) is 0 Å². The fourth-order valence-corrected chi connectivity index (χ4v) is 1.77. The summed E-state index contributed by atoms with van der Waals surface area (Å²) in [7, 11) is 3.96. The molecule has 94 valence electrons. The van der Waals surface area contributed by atoms with Crippen LogP contribution in [-0.2, 0) is 6.54 Å². The molecule has 0 saturated heterocycles. The zero-order valence-corrected chi connectivity index (χ0v) is 10.4. The highest BCUT2D eigenvalue weighted by atomic mass is 16.1. The molecular weight excluding hydrogens is 218 g/mol. The summed E-state index contributed by atoms with van der Waals surface area (Å²) in [5.41, 5.74) is 0.494. The van der Waals surface area contributed by atoms with Crippen molar-refractivity contribution in [1.29, 1.82) is 0 Å². The molecule has 2 rings (SSSR count). The molecule has 0 atom stereocenters. The van der Waals surface area contributed by atoms with E-state index in [1.165, 1.54) is 0 Å². The zero-order chi connectivity index (χ0) is 12.3. The number of rotatable bonds is 4. The van der Waals surface area contributed by atoms with Crippen LogP contribution in [0.1, 0.15) is 16.9 Å². The Bertz CT molecular complexity index is 375. The lowest BCUT2D eigenvalue weighted by molar-refractivity contribution is 0.0946. The molecule has 2 N–H and O–H groups in total. The average Bonchev–Trinajstić information content (AvgIpc) is 2.71. The van der Waals surface area contributed by atoms with Gasteiger partial charge in [0, 0.05) is 32.4 Å². The molecule has 6 nitrogen and oxygen atoms in total. The van der Waals surface area contributed by atoms with E-state index < -0.39 is 0 Å². The first-order chi connectivity index (χ1) is 8.16. The van der Waals surface area contributed by atoms with Gasteiger partial charge in [0.15, 0.2) is 0 Å². The molecule has 0 aromatic carbocycles. The molecule has 6 heteroatoms. The van der Waals surface area contributed by atoms with Crippen molar-refractivity contribution < 1.29 is 4.79 Å². The van der Waals surface area contributed by atoms with E-state index >= 15 is 0 Å². The quantitative estimate of drug-likeness (QED) is 0.773. The number of fused-ring (bicyclic) bond motifs is 1. The van der Waals surface area contributed by atoms with Crippen LogP contribution < -0.4 is 10.6 Å². The van der Waals surface area contributed by atoms with Crippen LogP contribution in [0.3, 0.4) is 0 Å². The smallest absolute Gasteiger partial charge is 0.271 e. The molecule has 17 heavy (non-hydrogen) atoms. The number of hydrogen-bond acceptors (Lipinski definition) is 4. The van der Waals surface area contributed by atoms with Crippen LogP contribution in [0.2, 0.25) is 0 Å². The predicted octanol–water partition coefficient (Wildman–Crippen LogP) is -0.00990.